The number of aromatic nitrogens is 1. The van der Waals surface area contributed by atoms with Gasteiger partial charge in [0.25, 0.3) is 0 Å². The van der Waals surface area contributed by atoms with Crippen LogP contribution in [-0.4, -0.2) is 16.7 Å². The van der Waals surface area contributed by atoms with Gasteiger partial charge in [-0.1, -0.05) is 11.6 Å². The second-order valence-electron chi connectivity index (χ2n) is 3.60. The fourth-order valence-corrected chi connectivity index (χ4v) is 1.57. The molecule has 1 atom stereocenters. The zero-order valence-corrected chi connectivity index (χ0v) is 8.12. The first kappa shape index (κ1) is 9.24. The van der Waals surface area contributed by atoms with E-state index in [-0.39, 0.29) is 12.6 Å². The van der Waals surface area contributed by atoms with Crippen LogP contribution in [0.3, 0.4) is 0 Å². The van der Waals surface area contributed by atoms with Crippen molar-refractivity contribution in [1.82, 2.24) is 4.98 Å². The summed E-state index contributed by atoms with van der Waals surface area (Å²) in [6, 6.07) is 7.84. The highest BCUT2D eigenvalue weighted by molar-refractivity contribution is 5.81. The first-order valence-electron chi connectivity index (χ1n) is 4.66. The number of aliphatic hydroxyl groups is 1. The van der Waals surface area contributed by atoms with E-state index in [4.69, 9.17) is 10.8 Å². The lowest BCUT2D eigenvalue weighted by atomic mass is 10.1. The molecule has 0 aliphatic carbocycles. The van der Waals surface area contributed by atoms with Crippen LogP contribution >= 0.6 is 0 Å². The summed E-state index contributed by atoms with van der Waals surface area (Å²) < 4.78 is 0. The number of aryl methyl sites for hydroxylation is 1. The maximum Gasteiger partial charge on any atom is 0.0683 e. The van der Waals surface area contributed by atoms with Crippen LogP contribution in [0.25, 0.3) is 10.9 Å². The van der Waals surface area contributed by atoms with Gasteiger partial charge in [0, 0.05) is 11.2 Å². The molecule has 2 aromatic rings. The van der Waals surface area contributed by atoms with E-state index >= 15 is 0 Å². The van der Waals surface area contributed by atoms with Gasteiger partial charge in [-0.05, 0) is 30.5 Å². The molecule has 0 saturated heterocycles. The van der Waals surface area contributed by atoms with Crippen LogP contribution in [0.5, 0.6) is 0 Å². The molecule has 1 aromatic heterocycles. The number of aliphatic hydroxyl groups excluding tert-OH is 1. The third-order valence-electron chi connectivity index (χ3n) is 2.39. The molecule has 14 heavy (non-hydrogen) atoms. The van der Waals surface area contributed by atoms with Crippen molar-refractivity contribution in [3.05, 3.63) is 35.5 Å². The summed E-state index contributed by atoms with van der Waals surface area (Å²) in [5.74, 6) is 0. The number of benzene rings is 1. The topological polar surface area (TPSA) is 62.0 Å². The molecule has 0 amide bonds. The highest BCUT2D eigenvalue weighted by Crippen LogP contribution is 2.19. The van der Waals surface area contributed by atoms with Crippen molar-refractivity contribution < 1.29 is 5.11 Å². The molecule has 0 aliphatic rings. The van der Waals surface area contributed by atoms with E-state index in [9.17, 15) is 0 Å². The van der Waals surface area contributed by atoms with E-state index in [1.165, 1.54) is 5.56 Å². The summed E-state index contributed by atoms with van der Waals surface area (Å²) in [5, 5.41) is 10.1. The van der Waals surface area contributed by atoms with Crippen molar-refractivity contribution >= 4 is 10.9 Å². The van der Waals surface area contributed by atoms with Gasteiger partial charge in [0.2, 0.25) is 0 Å². The van der Waals surface area contributed by atoms with E-state index in [0.29, 0.717) is 0 Å². The number of H-pyrrole nitrogens is 1. The Balaban J connectivity index is 2.51. The minimum absolute atomic E-state index is 0.0359. The van der Waals surface area contributed by atoms with Crippen LogP contribution in [0.2, 0.25) is 0 Å². The Morgan fingerprint density at radius 3 is 2.93 bits per heavy atom. The number of nitrogens with two attached hydrogens (primary N) is 1. The van der Waals surface area contributed by atoms with Gasteiger partial charge in [0.05, 0.1) is 12.6 Å². The van der Waals surface area contributed by atoms with Crippen molar-refractivity contribution in [2.75, 3.05) is 6.61 Å². The van der Waals surface area contributed by atoms with Gasteiger partial charge in [0.15, 0.2) is 0 Å². The van der Waals surface area contributed by atoms with Gasteiger partial charge >= 0.3 is 0 Å². The first-order valence-corrected chi connectivity index (χ1v) is 4.66. The molecule has 74 valence electrons. The summed E-state index contributed by atoms with van der Waals surface area (Å²) in [7, 11) is 0. The number of rotatable bonds is 2. The van der Waals surface area contributed by atoms with Crippen molar-refractivity contribution in [2.45, 2.75) is 13.0 Å². The molecule has 0 saturated carbocycles. The van der Waals surface area contributed by atoms with E-state index in [1.54, 1.807) is 0 Å². The molecule has 0 spiro atoms. The normalized spacial score (nSPS) is 13.4. The van der Waals surface area contributed by atoms with E-state index in [0.717, 1.165) is 16.6 Å². The predicted molar refractivity (Wildman–Crippen MR) is 57.0 cm³/mol. The Hall–Kier alpha value is -1.32. The number of aromatic amines is 1. The first-order chi connectivity index (χ1) is 6.70. The van der Waals surface area contributed by atoms with Gasteiger partial charge in [0.1, 0.15) is 0 Å². The van der Waals surface area contributed by atoms with Crippen LogP contribution in [0.4, 0.5) is 0 Å². The van der Waals surface area contributed by atoms with Gasteiger partial charge in [-0.3, -0.25) is 0 Å². The van der Waals surface area contributed by atoms with Crippen LogP contribution in [0.1, 0.15) is 17.3 Å². The molecule has 0 bridgehead atoms. The van der Waals surface area contributed by atoms with Gasteiger partial charge < -0.3 is 15.8 Å². The van der Waals surface area contributed by atoms with Crippen LogP contribution in [0, 0.1) is 6.92 Å². The molecule has 0 aliphatic heterocycles. The Labute approximate surface area is 82.6 Å². The summed E-state index contributed by atoms with van der Waals surface area (Å²) in [6.07, 6.45) is 0. The van der Waals surface area contributed by atoms with E-state index in [2.05, 4.69) is 18.0 Å². The van der Waals surface area contributed by atoms with Gasteiger partial charge in [-0.25, -0.2) is 0 Å². The maximum atomic E-state index is 8.92. The molecule has 0 fully saturated rings. The predicted octanol–water partition coefficient (Wildman–Crippen LogP) is 1.47. The third-order valence-corrected chi connectivity index (χ3v) is 2.39. The lowest BCUT2D eigenvalue weighted by Gasteiger charge is -2.03. The van der Waals surface area contributed by atoms with E-state index in [1.807, 2.05) is 18.2 Å². The Kier molecular flexibility index (Phi) is 2.27. The summed E-state index contributed by atoms with van der Waals surface area (Å²) in [5.41, 5.74) is 8.88. The molecule has 1 aromatic carbocycles. The molecule has 3 heteroatoms. The fraction of sp³-hybridized carbons (Fsp3) is 0.273. The summed E-state index contributed by atoms with van der Waals surface area (Å²) in [6.45, 7) is 2.02. The summed E-state index contributed by atoms with van der Waals surface area (Å²) >= 11 is 0. The minimum atomic E-state index is -0.317. The number of nitrogens with one attached hydrogen (secondary N) is 1. The Morgan fingerprint density at radius 1 is 1.43 bits per heavy atom. The highest BCUT2D eigenvalue weighted by Gasteiger charge is 2.07. The van der Waals surface area contributed by atoms with Crippen LogP contribution in [0.15, 0.2) is 24.3 Å². The maximum absolute atomic E-state index is 8.92. The monoisotopic (exact) mass is 190 g/mol. The number of hydrogen-bond acceptors (Lipinski definition) is 2. The molecule has 0 radical (unpaired) electrons. The second-order valence-corrected chi connectivity index (χ2v) is 3.60. The van der Waals surface area contributed by atoms with Crippen LogP contribution < -0.4 is 5.73 Å². The number of hydrogen-bond donors (Lipinski definition) is 3. The SMILES string of the molecule is Cc1ccc2[nH]c(C(N)CO)cc2c1. The quantitative estimate of drug-likeness (QED) is 0.671. The lowest BCUT2D eigenvalue weighted by Crippen LogP contribution is -2.14. The molecule has 3 nitrogen and oxygen atoms in total. The zero-order chi connectivity index (χ0) is 10.1. The van der Waals surface area contributed by atoms with E-state index < -0.39 is 0 Å². The fourth-order valence-electron chi connectivity index (χ4n) is 1.57. The molecule has 2 rings (SSSR count). The van der Waals surface area contributed by atoms with Crippen molar-refractivity contribution in [3.63, 3.8) is 0 Å². The second kappa shape index (κ2) is 3.44. The minimum Gasteiger partial charge on any atom is -0.394 e. The van der Waals surface area contributed by atoms with Gasteiger partial charge in [-0.15, -0.1) is 0 Å². The Morgan fingerprint density at radius 2 is 2.21 bits per heavy atom. The van der Waals surface area contributed by atoms with Crippen molar-refractivity contribution in [1.29, 1.82) is 0 Å². The molecular formula is C11H14N2O. The molecule has 1 heterocycles. The average molecular weight is 190 g/mol. The smallest absolute Gasteiger partial charge is 0.0683 e. The van der Waals surface area contributed by atoms with Crippen molar-refractivity contribution in [3.8, 4) is 0 Å². The Bertz CT molecular complexity index is 447. The summed E-state index contributed by atoms with van der Waals surface area (Å²) in [4.78, 5) is 3.19. The van der Waals surface area contributed by atoms with Gasteiger partial charge in [-0.2, -0.15) is 0 Å². The van der Waals surface area contributed by atoms with Crippen LogP contribution in [-0.2, 0) is 0 Å². The molecule has 1 unspecified atom stereocenters. The number of fused-ring (bicyclic) bond motifs is 1. The molecular weight excluding hydrogens is 176 g/mol. The average Bonchev–Trinajstić information content (AvgIpc) is 2.59. The van der Waals surface area contributed by atoms with Crippen molar-refractivity contribution in [2.24, 2.45) is 5.73 Å². The largest absolute Gasteiger partial charge is 0.394 e. The third kappa shape index (κ3) is 1.52. The lowest BCUT2D eigenvalue weighted by molar-refractivity contribution is 0.266. The molecule has 4 N–H and O–H groups in total. The zero-order valence-electron chi connectivity index (χ0n) is 8.12. The highest BCUT2D eigenvalue weighted by atomic mass is 16.3. The standard InChI is InChI=1S/C11H14N2O/c1-7-2-3-10-8(4-7)5-11(13-10)9(12)6-14/h2-5,9,13-14H,6,12H2,1H3.